The van der Waals surface area contributed by atoms with Gasteiger partial charge in [-0.1, -0.05) is 27.2 Å². The first-order valence-electron chi connectivity index (χ1n) is 11.0. The Hall–Kier alpha value is -3.04. The molecule has 1 amide bonds. The van der Waals surface area contributed by atoms with E-state index in [1.54, 1.807) is 21.6 Å². The van der Waals surface area contributed by atoms with Crippen LogP contribution in [0.15, 0.2) is 59.5 Å². The molecular formula is C24H25BrN6O2. The summed E-state index contributed by atoms with van der Waals surface area (Å²) in [4.78, 5) is 14.9. The van der Waals surface area contributed by atoms with Crippen LogP contribution in [0.2, 0.25) is 0 Å². The molecule has 1 saturated heterocycles. The zero-order chi connectivity index (χ0) is 23.0. The minimum absolute atomic E-state index is 0.0483. The maximum Gasteiger partial charge on any atom is 0.227 e. The smallest absolute Gasteiger partial charge is 0.227 e. The summed E-state index contributed by atoms with van der Waals surface area (Å²) in [5.74, 6) is 0.0483. The van der Waals surface area contributed by atoms with Crippen molar-refractivity contribution in [3.63, 3.8) is 0 Å². The van der Waals surface area contributed by atoms with Crippen molar-refractivity contribution >= 4 is 27.4 Å². The first kappa shape index (κ1) is 21.8. The molecule has 9 heteroatoms. The Morgan fingerprint density at radius 2 is 2.09 bits per heavy atom. The van der Waals surface area contributed by atoms with E-state index in [0.29, 0.717) is 44.5 Å². The summed E-state index contributed by atoms with van der Waals surface area (Å²) in [5, 5.41) is 24.3. The number of aryl methyl sites for hydroxylation is 1. The van der Waals surface area contributed by atoms with Crippen molar-refractivity contribution in [2.45, 2.75) is 38.2 Å². The Morgan fingerprint density at radius 1 is 1.21 bits per heavy atom. The van der Waals surface area contributed by atoms with Crippen LogP contribution >= 0.6 is 15.9 Å². The van der Waals surface area contributed by atoms with E-state index in [1.165, 1.54) is 0 Å². The van der Waals surface area contributed by atoms with Gasteiger partial charge in [-0.25, -0.2) is 9.20 Å². The summed E-state index contributed by atoms with van der Waals surface area (Å²) in [5.41, 5.74) is 3.25. The number of pyridine rings is 1. The number of hydrogen-bond donors (Lipinski definition) is 1. The lowest BCUT2D eigenvalue weighted by Crippen LogP contribution is -2.34. The van der Waals surface area contributed by atoms with E-state index in [4.69, 9.17) is 0 Å². The fraction of sp³-hybridized carbons (Fsp3) is 0.333. The molecule has 5 rings (SSSR count). The van der Waals surface area contributed by atoms with Gasteiger partial charge in [0.15, 0.2) is 0 Å². The Morgan fingerprint density at radius 3 is 2.94 bits per heavy atom. The summed E-state index contributed by atoms with van der Waals surface area (Å²) < 4.78 is 4.48. The molecule has 4 aromatic rings. The van der Waals surface area contributed by atoms with Gasteiger partial charge in [-0.05, 0) is 62.1 Å². The largest absolute Gasteiger partial charge is 0.383 e. The molecule has 0 spiro atoms. The topological polar surface area (TPSA) is 88.5 Å². The summed E-state index contributed by atoms with van der Waals surface area (Å²) >= 11 is 3.48. The van der Waals surface area contributed by atoms with E-state index in [2.05, 4.69) is 31.3 Å². The van der Waals surface area contributed by atoms with Gasteiger partial charge >= 0.3 is 0 Å². The fourth-order valence-corrected chi connectivity index (χ4v) is 4.97. The second-order valence-electron chi connectivity index (χ2n) is 8.62. The Bertz CT molecular complexity index is 1320. The molecule has 8 nitrogen and oxygen atoms in total. The van der Waals surface area contributed by atoms with Crippen LogP contribution in [-0.4, -0.2) is 53.6 Å². The molecule has 1 aromatic carbocycles. The van der Waals surface area contributed by atoms with Gasteiger partial charge in [0.1, 0.15) is 11.3 Å². The van der Waals surface area contributed by atoms with Crippen molar-refractivity contribution in [2.75, 3.05) is 13.1 Å². The molecule has 1 aliphatic heterocycles. The zero-order valence-corrected chi connectivity index (χ0v) is 19.9. The van der Waals surface area contributed by atoms with Crippen molar-refractivity contribution in [3.8, 4) is 5.69 Å². The van der Waals surface area contributed by atoms with Crippen molar-refractivity contribution < 1.29 is 9.90 Å². The zero-order valence-electron chi connectivity index (χ0n) is 18.4. The lowest BCUT2D eigenvalue weighted by atomic mass is 9.92. The van der Waals surface area contributed by atoms with Crippen LogP contribution in [0.1, 0.15) is 36.1 Å². The number of benzene rings is 1. The molecule has 0 aliphatic carbocycles. The molecule has 0 saturated carbocycles. The number of hydrogen-bond acceptors (Lipinski definition) is 5. The predicted molar refractivity (Wildman–Crippen MR) is 127 cm³/mol. The average Bonchev–Trinajstić information content (AvgIpc) is 3.39. The molecule has 0 radical (unpaired) electrons. The third-order valence-electron chi connectivity index (χ3n) is 6.39. The highest BCUT2D eigenvalue weighted by atomic mass is 79.9. The number of fused-ring (bicyclic) bond motifs is 1. The number of aliphatic hydroxyl groups is 1. The maximum absolute atomic E-state index is 13.0. The number of rotatable bonds is 4. The highest BCUT2D eigenvalue weighted by Gasteiger charge is 2.36. The van der Waals surface area contributed by atoms with Crippen LogP contribution in [0, 0.1) is 6.92 Å². The number of halogens is 1. The van der Waals surface area contributed by atoms with E-state index in [9.17, 15) is 9.90 Å². The van der Waals surface area contributed by atoms with Crippen molar-refractivity contribution in [2.24, 2.45) is 0 Å². The number of aromatic nitrogens is 5. The molecular weight excluding hydrogens is 484 g/mol. The fourth-order valence-electron chi connectivity index (χ4n) is 4.49. The Kier molecular flexibility index (Phi) is 5.76. The van der Waals surface area contributed by atoms with Crippen LogP contribution in [0.25, 0.3) is 11.2 Å². The van der Waals surface area contributed by atoms with Crippen LogP contribution in [0.5, 0.6) is 0 Å². The van der Waals surface area contributed by atoms with Gasteiger partial charge in [-0.3, -0.25) is 4.79 Å². The molecule has 1 unspecified atom stereocenters. The van der Waals surface area contributed by atoms with Crippen LogP contribution in [0.4, 0.5) is 0 Å². The molecule has 33 heavy (non-hydrogen) atoms. The number of likely N-dealkylation sites (tertiary alicyclic amines) is 1. The van der Waals surface area contributed by atoms with E-state index in [-0.39, 0.29) is 5.91 Å². The van der Waals surface area contributed by atoms with Crippen LogP contribution in [0.3, 0.4) is 0 Å². The summed E-state index contributed by atoms with van der Waals surface area (Å²) in [7, 11) is 0. The van der Waals surface area contributed by atoms with Gasteiger partial charge in [0, 0.05) is 29.3 Å². The van der Waals surface area contributed by atoms with Gasteiger partial charge in [0.05, 0.1) is 30.0 Å². The lowest BCUT2D eigenvalue weighted by molar-refractivity contribution is -0.130. The lowest BCUT2D eigenvalue weighted by Gasteiger charge is -2.24. The molecule has 3 aromatic heterocycles. The minimum Gasteiger partial charge on any atom is -0.383 e. The van der Waals surface area contributed by atoms with Gasteiger partial charge in [0.2, 0.25) is 5.91 Å². The summed E-state index contributed by atoms with van der Waals surface area (Å²) in [6.07, 6.45) is 7.37. The highest BCUT2D eigenvalue weighted by molar-refractivity contribution is 9.10. The van der Waals surface area contributed by atoms with E-state index < -0.39 is 5.60 Å². The van der Waals surface area contributed by atoms with Crippen molar-refractivity contribution in [3.05, 3.63) is 76.3 Å². The maximum atomic E-state index is 13.0. The molecule has 1 fully saturated rings. The molecule has 1 atom stereocenters. The van der Waals surface area contributed by atoms with E-state index in [1.807, 2.05) is 54.4 Å². The first-order valence-corrected chi connectivity index (χ1v) is 11.8. The van der Waals surface area contributed by atoms with E-state index >= 15 is 0 Å². The van der Waals surface area contributed by atoms with Gasteiger partial charge in [-0.2, -0.15) is 5.10 Å². The third-order valence-corrected chi connectivity index (χ3v) is 6.88. The number of amides is 1. The molecule has 1 N–H and O–H groups in total. The van der Waals surface area contributed by atoms with Crippen LogP contribution in [-0.2, 0) is 16.8 Å². The SMILES string of the molecule is Cc1cc(Br)ccc1-n1cc(C2(O)CCCN(C(=O)Cc3cnn4ccccc34)CC2)nn1. The quantitative estimate of drug-likeness (QED) is 0.456. The molecule has 1 aliphatic rings. The number of nitrogens with zero attached hydrogens (tertiary/aromatic N) is 6. The Balaban J connectivity index is 1.29. The molecule has 170 valence electrons. The number of carbonyl (C=O) groups excluding carboxylic acids is 1. The molecule has 4 heterocycles. The average molecular weight is 509 g/mol. The first-order chi connectivity index (χ1) is 15.9. The third kappa shape index (κ3) is 4.30. The van der Waals surface area contributed by atoms with Crippen molar-refractivity contribution in [1.82, 2.24) is 29.5 Å². The van der Waals surface area contributed by atoms with E-state index in [0.717, 1.165) is 26.8 Å². The predicted octanol–water partition coefficient (Wildman–Crippen LogP) is 3.43. The number of carbonyl (C=O) groups is 1. The standard InChI is InChI=1S/C24H25BrN6O2/c1-17-13-19(25)6-7-20(17)31-16-22(27-28-31)24(33)8-4-10-29(12-9-24)23(32)14-18-15-26-30-11-3-2-5-21(18)30/h2-3,5-7,11,13,15-16,33H,4,8-10,12,14H2,1H3. The monoisotopic (exact) mass is 508 g/mol. The van der Waals surface area contributed by atoms with Crippen LogP contribution < -0.4 is 0 Å². The highest BCUT2D eigenvalue weighted by Crippen LogP contribution is 2.32. The normalized spacial score (nSPS) is 19.1. The minimum atomic E-state index is -1.11. The second kappa shape index (κ2) is 8.72. The van der Waals surface area contributed by atoms with Crippen molar-refractivity contribution in [1.29, 1.82) is 0 Å². The van der Waals surface area contributed by atoms with Gasteiger partial charge in [-0.15, -0.1) is 5.10 Å². The summed E-state index contributed by atoms with van der Waals surface area (Å²) in [6, 6.07) is 11.8. The molecule has 0 bridgehead atoms. The Labute approximate surface area is 200 Å². The van der Waals surface area contributed by atoms with Gasteiger partial charge in [0.25, 0.3) is 0 Å². The van der Waals surface area contributed by atoms with Gasteiger partial charge < -0.3 is 10.0 Å². The summed E-state index contributed by atoms with van der Waals surface area (Å²) in [6.45, 7) is 3.09. The second-order valence-corrected chi connectivity index (χ2v) is 9.54.